The lowest BCUT2D eigenvalue weighted by molar-refractivity contribution is -0.121. The Morgan fingerprint density at radius 3 is 3.00 bits per heavy atom. The summed E-state index contributed by atoms with van der Waals surface area (Å²) in [4.78, 5) is 15.2. The van der Waals surface area contributed by atoms with E-state index in [0.717, 1.165) is 12.1 Å². The maximum Gasteiger partial charge on any atom is 0.220 e. The fourth-order valence-electron chi connectivity index (χ4n) is 1.10. The first kappa shape index (κ1) is 10.5. The molecule has 0 aliphatic carbocycles. The van der Waals surface area contributed by atoms with Gasteiger partial charge in [-0.25, -0.2) is 4.98 Å². The van der Waals surface area contributed by atoms with E-state index in [2.05, 4.69) is 10.3 Å². The first-order valence-corrected chi connectivity index (χ1v) is 4.70. The Labute approximate surface area is 83.5 Å². The van der Waals surface area contributed by atoms with Gasteiger partial charge in [0.25, 0.3) is 0 Å². The Morgan fingerprint density at radius 2 is 2.36 bits per heavy atom. The lowest BCUT2D eigenvalue weighted by Crippen LogP contribution is -2.22. The van der Waals surface area contributed by atoms with E-state index < -0.39 is 0 Å². The number of hydrogen-bond donors (Lipinski definition) is 2. The van der Waals surface area contributed by atoms with Crippen molar-refractivity contribution in [1.82, 2.24) is 10.3 Å². The summed E-state index contributed by atoms with van der Waals surface area (Å²) in [5.41, 5.74) is 6.29. The molecule has 76 valence electrons. The fraction of sp³-hybridized carbons (Fsp3) is 0.400. The van der Waals surface area contributed by atoms with Crippen LogP contribution in [0.2, 0.25) is 0 Å². The average molecular weight is 193 g/mol. The molecule has 1 amide bonds. The van der Waals surface area contributed by atoms with Gasteiger partial charge in [0, 0.05) is 6.42 Å². The fourth-order valence-corrected chi connectivity index (χ4v) is 1.10. The zero-order chi connectivity index (χ0) is 10.4. The number of nitrogens with two attached hydrogens (primary N) is 1. The highest BCUT2D eigenvalue weighted by atomic mass is 16.1. The number of anilines is 1. The first-order valence-electron chi connectivity index (χ1n) is 4.70. The lowest BCUT2D eigenvalue weighted by atomic mass is 10.3. The van der Waals surface area contributed by atoms with Crippen molar-refractivity contribution in [1.29, 1.82) is 0 Å². The summed E-state index contributed by atoms with van der Waals surface area (Å²) >= 11 is 0. The molecule has 1 rings (SSSR count). The monoisotopic (exact) mass is 193 g/mol. The van der Waals surface area contributed by atoms with Gasteiger partial charge in [0.1, 0.15) is 5.82 Å². The van der Waals surface area contributed by atoms with Crippen molar-refractivity contribution in [3.63, 3.8) is 0 Å². The van der Waals surface area contributed by atoms with Gasteiger partial charge < -0.3 is 11.1 Å². The van der Waals surface area contributed by atoms with Crippen molar-refractivity contribution in [3.05, 3.63) is 23.9 Å². The van der Waals surface area contributed by atoms with Gasteiger partial charge in [0.05, 0.1) is 12.2 Å². The Balaban J connectivity index is 2.41. The van der Waals surface area contributed by atoms with Gasteiger partial charge in [-0.2, -0.15) is 0 Å². The number of nitrogens with zero attached hydrogens (tertiary/aromatic N) is 1. The third kappa shape index (κ3) is 3.43. The highest BCUT2D eigenvalue weighted by molar-refractivity contribution is 5.75. The summed E-state index contributed by atoms with van der Waals surface area (Å²) in [6.45, 7) is 2.42. The number of rotatable bonds is 4. The van der Waals surface area contributed by atoms with Crippen LogP contribution in [-0.4, -0.2) is 10.9 Å². The molecule has 0 spiro atoms. The molecule has 0 aliphatic rings. The standard InChI is InChI=1S/C10H15N3O/c1-2-4-10(14)12-7-8-5-3-6-9(11)13-8/h3,5-6H,2,4,7H2,1H3,(H2,11,13)(H,12,14). The molecule has 0 unspecified atom stereocenters. The van der Waals surface area contributed by atoms with E-state index in [-0.39, 0.29) is 5.91 Å². The minimum Gasteiger partial charge on any atom is -0.384 e. The normalized spacial score (nSPS) is 9.79. The van der Waals surface area contributed by atoms with E-state index in [0.29, 0.717) is 18.8 Å². The number of nitrogen functional groups attached to an aromatic ring is 1. The second kappa shape index (κ2) is 5.21. The van der Waals surface area contributed by atoms with Crippen molar-refractivity contribution >= 4 is 11.7 Å². The van der Waals surface area contributed by atoms with Crippen molar-refractivity contribution in [2.45, 2.75) is 26.3 Å². The molecular weight excluding hydrogens is 178 g/mol. The van der Waals surface area contributed by atoms with Crippen LogP contribution in [0.4, 0.5) is 5.82 Å². The Bertz CT molecular complexity index is 312. The lowest BCUT2D eigenvalue weighted by Gasteiger charge is -2.03. The number of aromatic nitrogens is 1. The molecule has 0 radical (unpaired) electrons. The quantitative estimate of drug-likeness (QED) is 0.751. The zero-order valence-corrected chi connectivity index (χ0v) is 8.29. The minimum absolute atomic E-state index is 0.0525. The van der Waals surface area contributed by atoms with Gasteiger partial charge in [-0.3, -0.25) is 4.79 Å². The molecule has 4 heteroatoms. The third-order valence-corrected chi connectivity index (χ3v) is 1.77. The predicted octanol–water partition coefficient (Wildman–Crippen LogP) is 1.08. The van der Waals surface area contributed by atoms with E-state index in [1.165, 1.54) is 0 Å². The maximum atomic E-state index is 11.1. The first-order chi connectivity index (χ1) is 6.72. The molecule has 1 heterocycles. The molecule has 0 aromatic carbocycles. The van der Waals surface area contributed by atoms with Gasteiger partial charge in [0.15, 0.2) is 0 Å². The zero-order valence-electron chi connectivity index (χ0n) is 8.29. The minimum atomic E-state index is 0.0525. The molecule has 0 fully saturated rings. The summed E-state index contributed by atoms with van der Waals surface area (Å²) < 4.78 is 0. The van der Waals surface area contributed by atoms with E-state index in [4.69, 9.17) is 5.73 Å². The number of hydrogen-bond acceptors (Lipinski definition) is 3. The molecular formula is C10H15N3O. The van der Waals surface area contributed by atoms with E-state index in [1.54, 1.807) is 6.07 Å². The SMILES string of the molecule is CCCC(=O)NCc1cccc(N)n1. The van der Waals surface area contributed by atoms with E-state index >= 15 is 0 Å². The summed E-state index contributed by atoms with van der Waals surface area (Å²) in [6, 6.07) is 5.38. The number of nitrogens with one attached hydrogen (secondary N) is 1. The molecule has 0 bridgehead atoms. The van der Waals surface area contributed by atoms with Gasteiger partial charge in [-0.1, -0.05) is 13.0 Å². The second-order valence-electron chi connectivity index (χ2n) is 3.08. The largest absolute Gasteiger partial charge is 0.384 e. The van der Waals surface area contributed by atoms with E-state index in [1.807, 2.05) is 19.1 Å². The van der Waals surface area contributed by atoms with Crippen molar-refractivity contribution < 1.29 is 4.79 Å². The number of amides is 1. The van der Waals surface area contributed by atoms with Crippen LogP contribution < -0.4 is 11.1 Å². The van der Waals surface area contributed by atoms with Gasteiger partial charge in [-0.05, 0) is 18.6 Å². The molecule has 3 N–H and O–H groups in total. The molecule has 0 aliphatic heterocycles. The summed E-state index contributed by atoms with van der Waals surface area (Å²) in [5.74, 6) is 0.531. The van der Waals surface area contributed by atoms with Crippen LogP contribution in [0.5, 0.6) is 0 Å². The Kier molecular flexibility index (Phi) is 3.91. The number of carbonyl (C=O) groups is 1. The summed E-state index contributed by atoms with van der Waals surface area (Å²) in [6.07, 6.45) is 1.42. The van der Waals surface area contributed by atoms with Crippen LogP contribution in [0.3, 0.4) is 0 Å². The molecule has 0 saturated carbocycles. The highest BCUT2D eigenvalue weighted by Gasteiger charge is 1.99. The summed E-state index contributed by atoms with van der Waals surface area (Å²) in [7, 11) is 0. The highest BCUT2D eigenvalue weighted by Crippen LogP contribution is 1.99. The van der Waals surface area contributed by atoms with Gasteiger partial charge in [-0.15, -0.1) is 0 Å². The topological polar surface area (TPSA) is 68.0 Å². The van der Waals surface area contributed by atoms with Crippen LogP contribution in [0.25, 0.3) is 0 Å². The van der Waals surface area contributed by atoms with Crippen LogP contribution in [0, 0.1) is 0 Å². The molecule has 1 aromatic rings. The molecule has 0 saturated heterocycles. The molecule has 0 atom stereocenters. The maximum absolute atomic E-state index is 11.1. The van der Waals surface area contributed by atoms with Crippen molar-refractivity contribution in [3.8, 4) is 0 Å². The average Bonchev–Trinajstić information content (AvgIpc) is 2.15. The van der Waals surface area contributed by atoms with Crippen LogP contribution in [0.1, 0.15) is 25.5 Å². The van der Waals surface area contributed by atoms with Crippen LogP contribution in [0.15, 0.2) is 18.2 Å². The molecule has 1 aromatic heterocycles. The predicted molar refractivity (Wildman–Crippen MR) is 55.4 cm³/mol. The Morgan fingerprint density at radius 1 is 1.57 bits per heavy atom. The van der Waals surface area contributed by atoms with Gasteiger partial charge >= 0.3 is 0 Å². The summed E-state index contributed by atoms with van der Waals surface area (Å²) in [5, 5.41) is 2.77. The molecule has 4 nitrogen and oxygen atoms in total. The number of carbonyl (C=O) groups excluding carboxylic acids is 1. The van der Waals surface area contributed by atoms with Crippen LogP contribution in [-0.2, 0) is 11.3 Å². The third-order valence-electron chi connectivity index (χ3n) is 1.77. The van der Waals surface area contributed by atoms with Crippen LogP contribution >= 0.6 is 0 Å². The van der Waals surface area contributed by atoms with Crippen molar-refractivity contribution in [2.75, 3.05) is 5.73 Å². The smallest absolute Gasteiger partial charge is 0.220 e. The molecule has 14 heavy (non-hydrogen) atoms. The Hall–Kier alpha value is -1.58. The van der Waals surface area contributed by atoms with Gasteiger partial charge in [0.2, 0.25) is 5.91 Å². The second-order valence-corrected chi connectivity index (χ2v) is 3.08. The number of pyridine rings is 1. The van der Waals surface area contributed by atoms with Crippen molar-refractivity contribution in [2.24, 2.45) is 0 Å². The van der Waals surface area contributed by atoms with E-state index in [9.17, 15) is 4.79 Å².